The van der Waals surface area contributed by atoms with E-state index in [1.54, 1.807) is 0 Å². The van der Waals surface area contributed by atoms with Crippen molar-refractivity contribution in [2.75, 3.05) is 0 Å². The zero-order chi connectivity index (χ0) is 15.1. The highest BCUT2D eigenvalue weighted by Gasteiger charge is 2.35. The fourth-order valence-corrected chi connectivity index (χ4v) is 3.17. The maximum Gasteiger partial charge on any atom is 0.616 e. The molecule has 0 fully saturated rings. The third-order valence-electron chi connectivity index (χ3n) is 3.81. The van der Waals surface area contributed by atoms with Gasteiger partial charge < -0.3 is 0 Å². The molecule has 4 heteroatoms. The number of halogens is 3. The summed E-state index contributed by atoms with van der Waals surface area (Å²) in [7, 11) is -5.26. The van der Waals surface area contributed by atoms with Gasteiger partial charge in [-0.25, -0.2) is 12.3 Å². The van der Waals surface area contributed by atoms with Gasteiger partial charge in [0, 0.05) is 6.04 Å². The zero-order valence-corrected chi connectivity index (χ0v) is 14.2. The van der Waals surface area contributed by atoms with Crippen molar-refractivity contribution in [1.82, 2.24) is 0 Å². The quantitative estimate of drug-likeness (QED) is 0.169. The Bertz CT molecular complexity index is 193. The smallest absolute Gasteiger partial charge is 0.238 e. The van der Waals surface area contributed by atoms with Crippen molar-refractivity contribution in [3.8, 4) is 0 Å². The SMILES string of the molecule is CCCCCCCCCCCCCCCC[Si](F)(F)F. The summed E-state index contributed by atoms with van der Waals surface area (Å²) in [5, 5.41) is 0. The molecular formula is C16H33F3Si. The normalized spacial score (nSPS) is 12.0. The Hall–Kier alpha value is 0.00688. The van der Waals surface area contributed by atoms with Crippen molar-refractivity contribution in [2.45, 2.75) is 103 Å². The number of hydrogen-bond acceptors (Lipinski definition) is 0. The lowest BCUT2D eigenvalue weighted by Crippen LogP contribution is -2.13. The van der Waals surface area contributed by atoms with Crippen LogP contribution in [0.2, 0.25) is 6.04 Å². The second-order valence-electron chi connectivity index (χ2n) is 5.96. The summed E-state index contributed by atoms with van der Waals surface area (Å²) >= 11 is 0. The molecule has 0 aromatic heterocycles. The third kappa shape index (κ3) is 18.0. The van der Waals surface area contributed by atoms with Crippen LogP contribution in [0.5, 0.6) is 0 Å². The largest absolute Gasteiger partial charge is 0.616 e. The third-order valence-corrected chi connectivity index (χ3v) is 4.73. The predicted molar refractivity (Wildman–Crippen MR) is 84.2 cm³/mol. The van der Waals surface area contributed by atoms with Crippen LogP contribution in [-0.4, -0.2) is 9.08 Å². The Morgan fingerprint density at radius 2 is 0.800 bits per heavy atom. The van der Waals surface area contributed by atoms with E-state index in [0.29, 0.717) is 6.42 Å². The van der Waals surface area contributed by atoms with Gasteiger partial charge in [0.2, 0.25) is 0 Å². The molecule has 0 spiro atoms. The molecule has 0 aromatic carbocycles. The van der Waals surface area contributed by atoms with Crippen LogP contribution in [-0.2, 0) is 0 Å². The molecule has 0 bridgehead atoms. The Labute approximate surface area is 125 Å². The average molecular weight is 311 g/mol. The highest BCUT2D eigenvalue weighted by atomic mass is 28.5. The summed E-state index contributed by atoms with van der Waals surface area (Å²) < 4.78 is 36.1. The molecule has 0 amide bonds. The molecule has 0 aromatic rings. The Kier molecular flexibility index (Phi) is 14.0. The molecule has 0 N–H and O–H groups in total. The maximum atomic E-state index is 12.0. The molecule has 0 nitrogen and oxygen atoms in total. The van der Waals surface area contributed by atoms with Gasteiger partial charge in [-0.3, -0.25) is 0 Å². The van der Waals surface area contributed by atoms with Crippen LogP contribution in [0.25, 0.3) is 0 Å². The van der Waals surface area contributed by atoms with Crippen LogP contribution in [0.1, 0.15) is 96.8 Å². The molecule has 0 unspecified atom stereocenters. The van der Waals surface area contributed by atoms with Crippen molar-refractivity contribution >= 4 is 9.08 Å². The molecule has 0 aliphatic carbocycles. The van der Waals surface area contributed by atoms with Gasteiger partial charge in [-0.2, -0.15) is 0 Å². The van der Waals surface area contributed by atoms with Gasteiger partial charge in [-0.05, 0) is 6.42 Å². The summed E-state index contributed by atoms with van der Waals surface area (Å²) in [4.78, 5) is 0. The van der Waals surface area contributed by atoms with E-state index < -0.39 is 15.1 Å². The lowest BCUT2D eigenvalue weighted by molar-refractivity contribution is 0.458. The van der Waals surface area contributed by atoms with E-state index in [2.05, 4.69) is 6.92 Å². The van der Waals surface area contributed by atoms with E-state index >= 15 is 0 Å². The van der Waals surface area contributed by atoms with Crippen molar-refractivity contribution in [3.05, 3.63) is 0 Å². The maximum absolute atomic E-state index is 12.0. The van der Waals surface area contributed by atoms with Gasteiger partial charge in [0.15, 0.2) is 0 Å². The van der Waals surface area contributed by atoms with Gasteiger partial charge in [-0.15, -0.1) is 0 Å². The highest BCUT2D eigenvalue weighted by molar-refractivity contribution is 6.58. The Balaban J connectivity index is 2.99. The van der Waals surface area contributed by atoms with Gasteiger partial charge >= 0.3 is 9.08 Å². The average Bonchev–Trinajstić information content (AvgIpc) is 2.38. The molecule has 0 atom stereocenters. The molecule has 122 valence electrons. The van der Waals surface area contributed by atoms with Crippen molar-refractivity contribution in [1.29, 1.82) is 0 Å². The van der Waals surface area contributed by atoms with Gasteiger partial charge in [-0.1, -0.05) is 90.4 Å². The monoisotopic (exact) mass is 310 g/mol. The second kappa shape index (κ2) is 14.0. The molecule has 0 saturated carbocycles. The van der Waals surface area contributed by atoms with Crippen molar-refractivity contribution in [2.24, 2.45) is 0 Å². The summed E-state index contributed by atoms with van der Waals surface area (Å²) in [6.07, 6.45) is 16.6. The van der Waals surface area contributed by atoms with Crippen molar-refractivity contribution < 1.29 is 12.3 Å². The second-order valence-corrected chi connectivity index (χ2v) is 7.69. The predicted octanol–water partition coefficient (Wildman–Crippen LogP) is 7.32. The molecule has 0 aliphatic rings. The van der Waals surface area contributed by atoms with E-state index in [9.17, 15) is 12.3 Å². The fraction of sp³-hybridized carbons (Fsp3) is 1.00. The fourth-order valence-electron chi connectivity index (χ4n) is 2.52. The standard InChI is InChI=1S/C16H33F3Si/c1-2-3-4-5-6-7-8-9-10-11-12-13-14-15-16-20(17,18)19/h2-16H2,1H3. The first kappa shape index (κ1) is 20.0. The first-order valence-electron chi connectivity index (χ1n) is 8.63. The summed E-state index contributed by atoms with van der Waals surface area (Å²) in [6, 6.07) is -0.467. The molecule has 0 saturated heterocycles. The molecule has 0 radical (unpaired) electrons. The summed E-state index contributed by atoms with van der Waals surface area (Å²) in [6.45, 7) is 2.24. The highest BCUT2D eigenvalue weighted by Crippen LogP contribution is 2.20. The minimum absolute atomic E-state index is 0.369. The van der Waals surface area contributed by atoms with Crippen LogP contribution in [0.3, 0.4) is 0 Å². The van der Waals surface area contributed by atoms with E-state index in [0.717, 1.165) is 19.3 Å². The Morgan fingerprint density at radius 3 is 1.10 bits per heavy atom. The summed E-state index contributed by atoms with van der Waals surface area (Å²) in [5.74, 6) is 0. The van der Waals surface area contributed by atoms with E-state index in [-0.39, 0.29) is 0 Å². The molecule has 20 heavy (non-hydrogen) atoms. The van der Waals surface area contributed by atoms with E-state index in [1.807, 2.05) is 0 Å². The van der Waals surface area contributed by atoms with Crippen LogP contribution in [0, 0.1) is 0 Å². The molecule has 0 aliphatic heterocycles. The van der Waals surface area contributed by atoms with Crippen LogP contribution >= 0.6 is 0 Å². The topological polar surface area (TPSA) is 0 Å². The van der Waals surface area contributed by atoms with Crippen LogP contribution in [0.15, 0.2) is 0 Å². The van der Waals surface area contributed by atoms with E-state index in [1.165, 1.54) is 64.2 Å². The molecule has 0 rings (SSSR count). The van der Waals surface area contributed by atoms with Gasteiger partial charge in [0.25, 0.3) is 0 Å². The van der Waals surface area contributed by atoms with Crippen LogP contribution in [0.4, 0.5) is 12.3 Å². The van der Waals surface area contributed by atoms with E-state index in [4.69, 9.17) is 0 Å². The molecular weight excluding hydrogens is 277 g/mol. The lowest BCUT2D eigenvalue weighted by Gasteiger charge is -2.04. The number of hydrogen-bond donors (Lipinski definition) is 0. The number of unbranched alkanes of at least 4 members (excludes halogenated alkanes) is 13. The first-order chi connectivity index (χ1) is 9.56. The van der Waals surface area contributed by atoms with Crippen molar-refractivity contribution in [3.63, 3.8) is 0 Å². The van der Waals surface area contributed by atoms with Crippen LogP contribution < -0.4 is 0 Å². The Morgan fingerprint density at radius 1 is 0.500 bits per heavy atom. The summed E-state index contributed by atoms with van der Waals surface area (Å²) in [5.41, 5.74) is 0. The first-order valence-corrected chi connectivity index (χ1v) is 10.5. The lowest BCUT2D eigenvalue weighted by atomic mass is 10.0. The molecule has 0 heterocycles. The van der Waals surface area contributed by atoms with Gasteiger partial charge in [0.1, 0.15) is 0 Å². The zero-order valence-electron chi connectivity index (χ0n) is 13.2. The minimum Gasteiger partial charge on any atom is -0.238 e. The number of rotatable bonds is 15. The van der Waals surface area contributed by atoms with Gasteiger partial charge in [0.05, 0.1) is 0 Å². The minimum atomic E-state index is -5.26.